The van der Waals surface area contributed by atoms with E-state index < -0.39 is 90.8 Å². The molecule has 6 rings (SSSR count). The first-order valence-corrected chi connectivity index (χ1v) is 16.0. The summed E-state index contributed by atoms with van der Waals surface area (Å²) < 4.78 is 40.1. The predicted octanol–water partition coefficient (Wildman–Crippen LogP) is 1.64. The smallest absolute Gasteiger partial charge is 0.303 e. The molecule has 0 bridgehead atoms. The summed E-state index contributed by atoms with van der Waals surface area (Å²) >= 11 is 0. The Bertz CT molecular complexity index is 1610. The Morgan fingerprint density at radius 1 is 0.959 bits per heavy atom. The number of carbonyl (C=O) groups excluding carboxylic acids is 6. The van der Waals surface area contributed by atoms with Gasteiger partial charge in [0.1, 0.15) is 12.7 Å². The second-order valence-electron chi connectivity index (χ2n) is 12.7. The van der Waals surface area contributed by atoms with Crippen LogP contribution in [0.3, 0.4) is 0 Å². The van der Waals surface area contributed by atoms with Crippen LogP contribution in [-0.2, 0) is 67.3 Å². The van der Waals surface area contributed by atoms with Gasteiger partial charge in [-0.2, -0.15) is 0 Å². The third-order valence-electron chi connectivity index (χ3n) is 9.73. The van der Waals surface area contributed by atoms with Crippen molar-refractivity contribution in [3.8, 4) is 0 Å². The van der Waals surface area contributed by atoms with Gasteiger partial charge in [-0.3, -0.25) is 28.8 Å². The van der Waals surface area contributed by atoms with Gasteiger partial charge in [0.2, 0.25) is 18.5 Å². The molecule has 3 fully saturated rings. The highest BCUT2D eigenvalue weighted by Crippen LogP contribution is 2.54. The first-order chi connectivity index (χ1) is 23.3. The summed E-state index contributed by atoms with van der Waals surface area (Å²) in [5.74, 6) is -4.58. The highest BCUT2D eigenvalue weighted by atomic mass is 16.8. The van der Waals surface area contributed by atoms with Gasteiger partial charge >= 0.3 is 23.9 Å². The van der Waals surface area contributed by atoms with Crippen molar-refractivity contribution in [2.75, 3.05) is 18.5 Å². The van der Waals surface area contributed by atoms with Crippen LogP contribution in [0.5, 0.6) is 0 Å². The number of anilines is 1. The molecular formula is C34H38N2O13. The Kier molecular flexibility index (Phi) is 9.24. The van der Waals surface area contributed by atoms with E-state index in [2.05, 4.69) is 11.9 Å². The molecular weight excluding hydrogens is 644 g/mol. The number of amides is 2. The Morgan fingerprint density at radius 2 is 1.63 bits per heavy atom. The van der Waals surface area contributed by atoms with E-state index in [0.717, 1.165) is 32.0 Å². The second kappa shape index (κ2) is 13.3. The van der Waals surface area contributed by atoms with Crippen LogP contribution in [0.2, 0.25) is 0 Å². The summed E-state index contributed by atoms with van der Waals surface area (Å²) in [5, 5.41) is 3.00. The van der Waals surface area contributed by atoms with Gasteiger partial charge in [0.05, 0.1) is 23.3 Å². The number of fused-ring (bicyclic) bond motifs is 5. The predicted molar refractivity (Wildman–Crippen MR) is 165 cm³/mol. The third kappa shape index (κ3) is 6.05. The van der Waals surface area contributed by atoms with Gasteiger partial charge < -0.3 is 43.4 Å². The average molecular weight is 683 g/mol. The molecule has 0 aromatic heterocycles. The summed E-state index contributed by atoms with van der Waals surface area (Å²) in [6.07, 6.45) is -4.43. The van der Waals surface area contributed by atoms with Crippen molar-refractivity contribution < 1.29 is 61.9 Å². The van der Waals surface area contributed by atoms with E-state index in [-0.39, 0.29) is 11.8 Å². The molecule has 0 aliphatic carbocycles. The van der Waals surface area contributed by atoms with Crippen molar-refractivity contribution in [1.29, 1.82) is 0 Å². The number of ether oxygens (including phenoxy) is 7. The fourth-order valence-corrected chi connectivity index (χ4v) is 7.82. The normalized spacial score (nSPS) is 34.3. The van der Waals surface area contributed by atoms with E-state index in [9.17, 15) is 28.8 Å². The summed E-state index contributed by atoms with van der Waals surface area (Å²) in [5.41, 5.74) is 1.03. The van der Waals surface area contributed by atoms with Gasteiger partial charge in [-0.25, -0.2) is 0 Å². The van der Waals surface area contributed by atoms with Crippen LogP contribution in [0.4, 0.5) is 5.69 Å². The first-order valence-electron chi connectivity index (χ1n) is 16.0. The van der Waals surface area contributed by atoms with E-state index in [1.165, 1.54) is 13.2 Å². The molecule has 1 aromatic rings. The summed E-state index contributed by atoms with van der Waals surface area (Å²) in [6.45, 7) is 8.50. The number of piperidine rings is 1. The number of hydrogen-bond acceptors (Lipinski definition) is 13. The zero-order chi connectivity index (χ0) is 35.2. The molecule has 15 heteroatoms. The summed E-state index contributed by atoms with van der Waals surface area (Å²) in [4.78, 5) is 77.7. The van der Waals surface area contributed by atoms with Crippen LogP contribution < -0.4 is 5.32 Å². The lowest BCUT2D eigenvalue weighted by Crippen LogP contribution is -2.64. The molecule has 5 aliphatic heterocycles. The molecule has 1 spiro atoms. The fourth-order valence-electron chi connectivity index (χ4n) is 7.82. The molecule has 10 atom stereocenters. The van der Waals surface area contributed by atoms with Crippen molar-refractivity contribution in [2.45, 2.75) is 89.0 Å². The van der Waals surface area contributed by atoms with Crippen LogP contribution in [0.15, 0.2) is 48.8 Å². The lowest BCUT2D eigenvalue weighted by Gasteiger charge is -2.48. The van der Waals surface area contributed by atoms with E-state index >= 15 is 0 Å². The number of nitrogens with one attached hydrogen (secondary N) is 1. The molecule has 3 saturated heterocycles. The minimum absolute atomic E-state index is 0.158. The Hall–Kier alpha value is -4.76. The largest absolute Gasteiger partial charge is 0.471 e. The van der Waals surface area contributed by atoms with Gasteiger partial charge in [0.25, 0.3) is 5.91 Å². The molecule has 5 heterocycles. The average Bonchev–Trinajstić information content (AvgIpc) is 3.56. The van der Waals surface area contributed by atoms with Crippen LogP contribution in [-0.4, -0.2) is 96.8 Å². The van der Waals surface area contributed by atoms with Gasteiger partial charge in [-0.1, -0.05) is 24.3 Å². The van der Waals surface area contributed by atoms with Crippen molar-refractivity contribution in [3.63, 3.8) is 0 Å². The topological polar surface area (TPSA) is 182 Å². The zero-order valence-corrected chi connectivity index (χ0v) is 27.5. The number of esters is 4. The van der Waals surface area contributed by atoms with E-state index in [1.54, 1.807) is 11.0 Å². The molecule has 1 N–H and O–H groups in total. The van der Waals surface area contributed by atoms with E-state index in [0.29, 0.717) is 25.0 Å². The molecule has 262 valence electrons. The van der Waals surface area contributed by atoms with Crippen LogP contribution in [0.25, 0.3) is 0 Å². The molecule has 1 aromatic carbocycles. The molecule has 0 saturated carbocycles. The maximum Gasteiger partial charge on any atom is 0.303 e. The van der Waals surface area contributed by atoms with Gasteiger partial charge in [-0.15, -0.1) is 6.58 Å². The quantitative estimate of drug-likeness (QED) is 0.238. The maximum atomic E-state index is 13.9. The van der Waals surface area contributed by atoms with Crippen molar-refractivity contribution in [2.24, 2.45) is 11.8 Å². The number of nitrogens with zero attached hydrogens (tertiary/aromatic N) is 1. The number of benzene rings is 1. The summed E-state index contributed by atoms with van der Waals surface area (Å²) in [7, 11) is 0. The van der Waals surface area contributed by atoms with Gasteiger partial charge in [0, 0.05) is 51.8 Å². The van der Waals surface area contributed by atoms with Crippen LogP contribution in [0, 0.1) is 11.8 Å². The molecule has 49 heavy (non-hydrogen) atoms. The fraction of sp³-hybridized carbons (Fsp3) is 0.529. The van der Waals surface area contributed by atoms with Crippen LogP contribution in [0.1, 0.15) is 46.1 Å². The minimum atomic E-state index is -1.51. The molecule has 5 aliphatic rings. The molecule has 2 amide bonds. The van der Waals surface area contributed by atoms with Crippen LogP contribution >= 0.6 is 0 Å². The Morgan fingerprint density at radius 3 is 2.31 bits per heavy atom. The Balaban J connectivity index is 1.32. The lowest BCUT2D eigenvalue weighted by molar-refractivity contribution is -0.342. The molecule has 2 unspecified atom stereocenters. The number of para-hydroxylation sites is 1. The number of rotatable bonds is 8. The van der Waals surface area contributed by atoms with Crippen molar-refractivity contribution in [3.05, 3.63) is 54.3 Å². The number of carbonyl (C=O) groups is 6. The summed E-state index contributed by atoms with van der Waals surface area (Å²) in [6, 6.07) is 7.02. The van der Waals surface area contributed by atoms with E-state index in [4.69, 9.17) is 33.2 Å². The highest BCUT2D eigenvalue weighted by molar-refractivity contribution is 6.08. The molecule has 0 radical (unpaired) electrons. The van der Waals surface area contributed by atoms with Crippen molar-refractivity contribution >= 4 is 41.4 Å². The van der Waals surface area contributed by atoms with Crippen molar-refractivity contribution in [1.82, 2.24) is 4.90 Å². The Labute approximate surface area is 281 Å². The monoisotopic (exact) mass is 682 g/mol. The molecule has 15 nitrogen and oxygen atoms in total. The van der Waals surface area contributed by atoms with Gasteiger partial charge in [-0.05, 0) is 24.5 Å². The lowest BCUT2D eigenvalue weighted by atomic mass is 9.67. The minimum Gasteiger partial charge on any atom is -0.471 e. The highest BCUT2D eigenvalue weighted by Gasteiger charge is 2.63. The number of hydrogen-bond donors (Lipinski definition) is 1. The maximum absolute atomic E-state index is 13.9. The van der Waals surface area contributed by atoms with E-state index in [1.807, 2.05) is 24.3 Å². The third-order valence-corrected chi connectivity index (χ3v) is 9.73. The standard InChI is InChI=1S/C34H38N2O13/c1-6-20-21-13-26-34(23-9-7-8-10-24(23)35-33(34)42)11-12-36(26)30(41)22(21)14-44-31(20)49-32-29(47-19(5)40)28(46-18(4)39)27(45-17(3)38)25(48-32)15-43-16(2)37/h6-10,14,20-21,25-29,31-32H,1,11-13,15H2,2-5H3,(H,35,42)/t20-,21+,25-,26?,27-,28+,29-,31+,32+,34?/m1/s1. The second-order valence-corrected chi connectivity index (χ2v) is 12.7. The van der Waals surface area contributed by atoms with Gasteiger partial charge in [0.15, 0.2) is 18.3 Å². The SMILES string of the molecule is C=C[C@H]1[C@H](O[C@@H]2O[C@H](COC(C)=O)[C@@H](OC(C)=O)[C@H](OC(C)=O)[C@H]2OC(C)=O)OC=C2C(=O)N3CCC4(C(=O)Nc5ccccc54)C3C[C@H]21. The zero-order valence-electron chi connectivity index (χ0n) is 27.5. The first kappa shape index (κ1) is 34.1.